The van der Waals surface area contributed by atoms with Gasteiger partial charge in [-0.05, 0) is 25.3 Å². The number of amides is 1. The molecule has 5 nitrogen and oxygen atoms in total. The highest BCUT2D eigenvalue weighted by atomic mass is 32.1. The molecule has 1 amide bonds. The summed E-state index contributed by atoms with van der Waals surface area (Å²) in [6.07, 6.45) is 1.88. The van der Waals surface area contributed by atoms with Crippen LogP contribution in [0.25, 0.3) is 11.3 Å². The molecule has 6 heteroatoms. The van der Waals surface area contributed by atoms with Crippen LogP contribution in [0.2, 0.25) is 0 Å². The SMILES string of the molecule is COCCNc1nc(-c2ccc(CC[C@H](C)NC(C)=O)cc2)cs1. The lowest BCUT2D eigenvalue weighted by Crippen LogP contribution is -2.30. The number of hydrogen-bond donors (Lipinski definition) is 2. The van der Waals surface area contributed by atoms with Crippen LogP contribution in [0.15, 0.2) is 29.6 Å². The van der Waals surface area contributed by atoms with Gasteiger partial charge in [0.2, 0.25) is 5.91 Å². The molecule has 1 atom stereocenters. The zero-order valence-corrected chi connectivity index (χ0v) is 15.3. The lowest BCUT2D eigenvalue weighted by Gasteiger charge is -2.12. The van der Waals surface area contributed by atoms with E-state index in [0.717, 1.165) is 35.8 Å². The van der Waals surface area contributed by atoms with Gasteiger partial charge < -0.3 is 15.4 Å². The Balaban J connectivity index is 1.88. The third-order valence-electron chi connectivity index (χ3n) is 3.65. The smallest absolute Gasteiger partial charge is 0.217 e. The molecule has 1 aromatic heterocycles. The molecule has 1 heterocycles. The van der Waals surface area contributed by atoms with Crippen molar-refractivity contribution in [1.29, 1.82) is 0 Å². The van der Waals surface area contributed by atoms with Gasteiger partial charge in [-0.1, -0.05) is 24.3 Å². The Kier molecular flexibility index (Phi) is 7.21. The number of nitrogens with zero attached hydrogens (tertiary/aromatic N) is 1. The molecule has 0 spiro atoms. The monoisotopic (exact) mass is 347 g/mol. The Morgan fingerprint density at radius 3 is 2.75 bits per heavy atom. The minimum atomic E-state index is 0.0243. The summed E-state index contributed by atoms with van der Waals surface area (Å²) >= 11 is 1.60. The van der Waals surface area contributed by atoms with Crippen molar-refractivity contribution in [3.8, 4) is 11.3 Å². The van der Waals surface area contributed by atoms with Crippen LogP contribution in [0.5, 0.6) is 0 Å². The third-order valence-corrected chi connectivity index (χ3v) is 4.45. The molecular formula is C18H25N3O2S. The number of aromatic nitrogens is 1. The van der Waals surface area contributed by atoms with Gasteiger partial charge in [-0.25, -0.2) is 4.98 Å². The number of methoxy groups -OCH3 is 1. The highest BCUT2D eigenvalue weighted by Crippen LogP contribution is 2.25. The van der Waals surface area contributed by atoms with E-state index in [1.54, 1.807) is 25.4 Å². The molecule has 0 bridgehead atoms. The van der Waals surface area contributed by atoms with Crippen LogP contribution in [0.1, 0.15) is 25.8 Å². The molecule has 0 saturated carbocycles. The Bertz CT molecular complexity index is 640. The van der Waals surface area contributed by atoms with E-state index in [1.165, 1.54) is 5.56 Å². The molecule has 130 valence electrons. The number of benzene rings is 1. The third kappa shape index (κ3) is 5.94. The van der Waals surface area contributed by atoms with Crippen molar-refractivity contribution in [2.75, 3.05) is 25.6 Å². The second-order valence-electron chi connectivity index (χ2n) is 5.79. The van der Waals surface area contributed by atoms with E-state index in [0.29, 0.717) is 6.61 Å². The highest BCUT2D eigenvalue weighted by Gasteiger charge is 2.06. The second-order valence-corrected chi connectivity index (χ2v) is 6.65. The van der Waals surface area contributed by atoms with Gasteiger partial charge >= 0.3 is 0 Å². The van der Waals surface area contributed by atoms with Gasteiger partial charge in [-0.3, -0.25) is 4.79 Å². The van der Waals surface area contributed by atoms with Crippen molar-refractivity contribution in [2.45, 2.75) is 32.7 Å². The van der Waals surface area contributed by atoms with Gasteiger partial charge in [0.25, 0.3) is 0 Å². The Morgan fingerprint density at radius 1 is 1.33 bits per heavy atom. The molecule has 2 N–H and O–H groups in total. The Morgan fingerprint density at radius 2 is 2.08 bits per heavy atom. The van der Waals surface area contributed by atoms with Crippen LogP contribution in [0, 0.1) is 0 Å². The summed E-state index contributed by atoms with van der Waals surface area (Å²) in [5, 5.41) is 9.12. The van der Waals surface area contributed by atoms with Crippen LogP contribution in [0.3, 0.4) is 0 Å². The Hall–Kier alpha value is -1.92. The number of thiazole rings is 1. The molecule has 1 aromatic carbocycles. The van der Waals surface area contributed by atoms with Crippen molar-refractivity contribution in [2.24, 2.45) is 0 Å². The van der Waals surface area contributed by atoms with Crippen LogP contribution in [0.4, 0.5) is 5.13 Å². The Labute approximate surface area is 147 Å². The van der Waals surface area contributed by atoms with E-state index in [1.807, 2.05) is 6.92 Å². The molecule has 0 aliphatic carbocycles. The van der Waals surface area contributed by atoms with E-state index in [-0.39, 0.29) is 11.9 Å². The van der Waals surface area contributed by atoms with E-state index in [9.17, 15) is 4.79 Å². The summed E-state index contributed by atoms with van der Waals surface area (Å²) < 4.78 is 5.02. The zero-order chi connectivity index (χ0) is 17.4. The minimum Gasteiger partial charge on any atom is -0.383 e. The summed E-state index contributed by atoms with van der Waals surface area (Å²) in [6.45, 7) is 5.01. The maximum absolute atomic E-state index is 11.0. The largest absolute Gasteiger partial charge is 0.383 e. The molecule has 0 radical (unpaired) electrons. The molecule has 2 aromatic rings. The fourth-order valence-corrected chi connectivity index (χ4v) is 3.14. The molecule has 24 heavy (non-hydrogen) atoms. The molecule has 0 aliphatic rings. The predicted molar refractivity (Wildman–Crippen MR) is 99.5 cm³/mol. The van der Waals surface area contributed by atoms with Crippen molar-refractivity contribution in [1.82, 2.24) is 10.3 Å². The number of rotatable bonds is 9. The average Bonchev–Trinajstić information content (AvgIpc) is 3.02. The van der Waals surface area contributed by atoms with Crippen LogP contribution < -0.4 is 10.6 Å². The van der Waals surface area contributed by atoms with Crippen molar-refractivity contribution in [3.63, 3.8) is 0 Å². The summed E-state index contributed by atoms with van der Waals surface area (Å²) in [5.41, 5.74) is 3.37. The van der Waals surface area contributed by atoms with Gasteiger partial charge in [0.1, 0.15) is 0 Å². The minimum absolute atomic E-state index is 0.0243. The van der Waals surface area contributed by atoms with Gasteiger partial charge in [-0.15, -0.1) is 11.3 Å². The normalized spacial score (nSPS) is 12.0. The van der Waals surface area contributed by atoms with Crippen molar-refractivity contribution < 1.29 is 9.53 Å². The number of carbonyl (C=O) groups is 1. The standard InChI is InChI=1S/C18H25N3O2S/c1-13(20-14(2)22)4-5-15-6-8-16(9-7-15)17-12-24-18(21-17)19-10-11-23-3/h6-9,12-13H,4-5,10-11H2,1-3H3,(H,19,21)(H,20,22)/t13-/m0/s1. The molecule has 0 unspecified atom stereocenters. The van der Waals surface area contributed by atoms with Gasteiger partial charge in [0, 0.05) is 37.6 Å². The first-order chi connectivity index (χ1) is 11.6. The average molecular weight is 347 g/mol. The predicted octanol–water partition coefficient (Wildman–Crippen LogP) is 3.33. The maximum atomic E-state index is 11.0. The van der Waals surface area contributed by atoms with Crippen LogP contribution in [-0.4, -0.2) is 37.2 Å². The van der Waals surface area contributed by atoms with Crippen molar-refractivity contribution >= 4 is 22.4 Å². The number of ether oxygens (including phenoxy) is 1. The first-order valence-corrected chi connectivity index (χ1v) is 9.01. The summed E-state index contributed by atoms with van der Waals surface area (Å²) in [6, 6.07) is 8.67. The fraction of sp³-hybridized carbons (Fsp3) is 0.444. The van der Waals surface area contributed by atoms with Gasteiger partial charge in [-0.2, -0.15) is 0 Å². The van der Waals surface area contributed by atoms with E-state index < -0.39 is 0 Å². The number of nitrogens with one attached hydrogen (secondary N) is 2. The molecule has 0 saturated heterocycles. The first kappa shape index (κ1) is 18.4. The van der Waals surface area contributed by atoms with Gasteiger partial charge in [0.15, 0.2) is 5.13 Å². The second kappa shape index (κ2) is 9.39. The topological polar surface area (TPSA) is 63.2 Å². The molecule has 0 fully saturated rings. The summed E-state index contributed by atoms with van der Waals surface area (Å²) in [4.78, 5) is 15.6. The number of anilines is 1. The molecule has 0 aliphatic heterocycles. The maximum Gasteiger partial charge on any atom is 0.217 e. The van der Waals surface area contributed by atoms with E-state index in [4.69, 9.17) is 4.74 Å². The number of aryl methyl sites for hydroxylation is 1. The van der Waals surface area contributed by atoms with E-state index in [2.05, 4.69) is 45.3 Å². The quantitative estimate of drug-likeness (QED) is 0.683. The highest BCUT2D eigenvalue weighted by molar-refractivity contribution is 7.14. The van der Waals surface area contributed by atoms with Crippen LogP contribution in [-0.2, 0) is 16.0 Å². The lowest BCUT2D eigenvalue weighted by atomic mass is 10.0. The van der Waals surface area contributed by atoms with Crippen molar-refractivity contribution in [3.05, 3.63) is 35.2 Å². The van der Waals surface area contributed by atoms with E-state index >= 15 is 0 Å². The number of hydrogen-bond acceptors (Lipinski definition) is 5. The summed E-state index contributed by atoms with van der Waals surface area (Å²) in [5.74, 6) is 0.0243. The summed E-state index contributed by atoms with van der Waals surface area (Å²) in [7, 11) is 1.69. The fourth-order valence-electron chi connectivity index (χ4n) is 2.39. The molecular weight excluding hydrogens is 322 g/mol. The first-order valence-electron chi connectivity index (χ1n) is 8.13. The van der Waals surface area contributed by atoms with Crippen LogP contribution >= 0.6 is 11.3 Å². The zero-order valence-electron chi connectivity index (χ0n) is 14.5. The lowest BCUT2D eigenvalue weighted by molar-refractivity contribution is -0.119. The van der Waals surface area contributed by atoms with Gasteiger partial charge in [0.05, 0.1) is 12.3 Å². The number of carbonyl (C=O) groups excluding carboxylic acids is 1. The molecule has 2 rings (SSSR count).